The van der Waals surface area contributed by atoms with Gasteiger partial charge >= 0.3 is 0 Å². The van der Waals surface area contributed by atoms with Gasteiger partial charge in [-0.25, -0.2) is 0 Å². The van der Waals surface area contributed by atoms with Crippen molar-refractivity contribution in [1.82, 2.24) is 4.57 Å². The summed E-state index contributed by atoms with van der Waals surface area (Å²) in [7, 11) is 0. The summed E-state index contributed by atoms with van der Waals surface area (Å²) in [6, 6.07) is 60.1. The Morgan fingerprint density at radius 2 is 0.911 bits per heavy atom. The summed E-state index contributed by atoms with van der Waals surface area (Å²) in [5.41, 5.74) is 13.8. The van der Waals surface area contributed by atoms with Crippen LogP contribution in [-0.4, -0.2) is 4.57 Å². The molecule has 0 atom stereocenters. The van der Waals surface area contributed by atoms with E-state index < -0.39 is 0 Å². The van der Waals surface area contributed by atoms with Gasteiger partial charge in [-0.3, -0.25) is 0 Å². The molecule has 1 nitrogen and oxygen atoms in total. The van der Waals surface area contributed by atoms with Crippen molar-refractivity contribution in [2.45, 2.75) is 0 Å². The molecule has 45 heavy (non-hydrogen) atoms. The summed E-state index contributed by atoms with van der Waals surface area (Å²) >= 11 is 0. The van der Waals surface area contributed by atoms with Crippen LogP contribution < -0.4 is 0 Å². The maximum absolute atomic E-state index is 2.49. The Bertz CT molecular complexity index is 2620. The summed E-state index contributed by atoms with van der Waals surface area (Å²) in [5.74, 6) is 0. The number of benzene rings is 8. The number of nitrogens with zero attached hydrogens (tertiary/aromatic N) is 1. The highest BCUT2D eigenvalue weighted by atomic mass is 15.0. The first-order valence-corrected chi connectivity index (χ1v) is 15.6. The first kappa shape index (κ1) is 24.5. The van der Waals surface area contributed by atoms with E-state index in [9.17, 15) is 0 Å². The first-order chi connectivity index (χ1) is 22.3. The first-order valence-electron chi connectivity index (χ1n) is 15.6. The molecule has 0 unspecified atom stereocenters. The molecule has 0 bridgehead atoms. The Morgan fingerprint density at radius 3 is 1.76 bits per heavy atom. The van der Waals surface area contributed by atoms with Crippen molar-refractivity contribution < 1.29 is 0 Å². The minimum absolute atomic E-state index is 1.17. The zero-order valence-electron chi connectivity index (χ0n) is 24.5. The summed E-state index contributed by atoms with van der Waals surface area (Å²) in [6.45, 7) is 0. The second kappa shape index (κ2) is 9.29. The van der Waals surface area contributed by atoms with Crippen LogP contribution in [0.25, 0.3) is 93.5 Å². The molecule has 1 heterocycles. The maximum atomic E-state index is 2.49. The van der Waals surface area contributed by atoms with Gasteiger partial charge in [0.15, 0.2) is 0 Å². The fourth-order valence-electron chi connectivity index (χ4n) is 7.73. The largest absolute Gasteiger partial charge is 0.309 e. The number of aromatic nitrogens is 1. The highest BCUT2D eigenvalue weighted by Crippen LogP contribution is 2.51. The van der Waals surface area contributed by atoms with E-state index in [1.54, 1.807) is 0 Å². The molecule has 0 radical (unpaired) electrons. The van der Waals surface area contributed by atoms with Crippen molar-refractivity contribution in [3.8, 4) is 50.2 Å². The molecule has 0 saturated heterocycles. The molecule has 0 N–H and O–H groups in total. The van der Waals surface area contributed by atoms with Crippen molar-refractivity contribution in [3.05, 3.63) is 164 Å². The predicted octanol–water partition coefficient (Wildman–Crippen LogP) is 12.1. The third kappa shape index (κ3) is 3.50. The van der Waals surface area contributed by atoms with Crippen LogP contribution in [0, 0.1) is 0 Å². The van der Waals surface area contributed by atoms with Crippen LogP contribution in [0.4, 0.5) is 0 Å². The van der Waals surface area contributed by atoms with Crippen LogP contribution in [0.15, 0.2) is 164 Å². The van der Waals surface area contributed by atoms with Crippen molar-refractivity contribution in [2.75, 3.05) is 0 Å². The molecular formula is C44H27N. The van der Waals surface area contributed by atoms with E-state index in [0.717, 1.165) is 0 Å². The van der Waals surface area contributed by atoms with Crippen LogP contribution in [-0.2, 0) is 0 Å². The second-order valence-corrected chi connectivity index (χ2v) is 12.1. The quantitative estimate of drug-likeness (QED) is 0.199. The fraction of sp³-hybridized carbons (Fsp3) is 0. The van der Waals surface area contributed by atoms with E-state index in [2.05, 4.69) is 168 Å². The van der Waals surface area contributed by atoms with Gasteiger partial charge in [-0.15, -0.1) is 0 Å². The smallest absolute Gasteiger partial charge is 0.0553 e. The number of rotatable bonds is 3. The lowest BCUT2D eigenvalue weighted by Crippen LogP contribution is -1.95. The molecule has 208 valence electrons. The van der Waals surface area contributed by atoms with Crippen molar-refractivity contribution in [3.63, 3.8) is 0 Å². The zero-order chi connectivity index (χ0) is 29.5. The van der Waals surface area contributed by atoms with E-state index in [-0.39, 0.29) is 0 Å². The van der Waals surface area contributed by atoms with Crippen LogP contribution >= 0.6 is 0 Å². The molecular weight excluding hydrogens is 542 g/mol. The predicted molar refractivity (Wildman–Crippen MR) is 191 cm³/mol. The van der Waals surface area contributed by atoms with E-state index in [1.165, 1.54) is 93.5 Å². The normalized spacial score (nSPS) is 12.0. The Kier molecular flexibility index (Phi) is 5.06. The molecule has 8 aromatic carbocycles. The second-order valence-electron chi connectivity index (χ2n) is 12.1. The molecule has 0 amide bonds. The van der Waals surface area contributed by atoms with Crippen LogP contribution in [0.5, 0.6) is 0 Å². The molecule has 9 aromatic rings. The zero-order valence-corrected chi connectivity index (χ0v) is 24.5. The van der Waals surface area contributed by atoms with Crippen molar-refractivity contribution >= 4 is 43.4 Å². The summed E-state index contributed by atoms with van der Waals surface area (Å²) < 4.78 is 2.49. The van der Waals surface area contributed by atoms with Crippen LogP contribution in [0.1, 0.15) is 0 Å². The molecule has 1 aromatic heterocycles. The molecule has 0 fully saturated rings. The van der Waals surface area contributed by atoms with Gasteiger partial charge in [0.05, 0.1) is 11.0 Å². The fourth-order valence-corrected chi connectivity index (χ4v) is 7.73. The molecule has 0 aliphatic heterocycles. The lowest BCUT2D eigenvalue weighted by molar-refractivity contribution is 1.18. The monoisotopic (exact) mass is 569 g/mol. The van der Waals surface area contributed by atoms with Crippen LogP contribution in [0.3, 0.4) is 0 Å². The van der Waals surface area contributed by atoms with Crippen LogP contribution in [0.2, 0.25) is 0 Å². The lowest BCUT2D eigenvalue weighted by Gasteiger charge is -2.12. The van der Waals surface area contributed by atoms with Gasteiger partial charge in [0.1, 0.15) is 0 Å². The summed E-state index contributed by atoms with van der Waals surface area (Å²) in [5, 5.41) is 7.90. The minimum Gasteiger partial charge on any atom is -0.309 e. The molecule has 0 spiro atoms. The lowest BCUT2D eigenvalue weighted by atomic mass is 9.96. The van der Waals surface area contributed by atoms with Gasteiger partial charge in [0.2, 0.25) is 0 Å². The third-order valence-corrected chi connectivity index (χ3v) is 9.72. The number of hydrogen-bond donors (Lipinski definition) is 0. The van der Waals surface area contributed by atoms with Crippen molar-refractivity contribution in [1.29, 1.82) is 0 Å². The van der Waals surface area contributed by atoms with Crippen molar-refractivity contribution in [2.24, 2.45) is 0 Å². The Morgan fingerprint density at radius 1 is 0.311 bits per heavy atom. The topological polar surface area (TPSA) is 4.93 Å². The maximum Gasteiger partial charge on any atom is 0.0553 e. The minimum atomic E-state index is 1.17. The van der Waals surface area contributed by atoms with E-state index >= 15 is 0 Å². The molecule has 1 aliphatic rings. The molecule has 0 saturated carbocycles. The highest BCUT2D eigenvalue weighted by molar-refractivity contribution is 6.33. The van der Waals surface area contributed by atoms with Gasteiger partial charge in [-0.2, -0.15) is 0 Å². The molecule has 1 aliphatic carbocycles. The van der Waals surface area contributed by atoms with E-state index in [1.807, 2.05) is 0 Å². The highest BCUT2D eigenvalue weighted by Gasteiger charge is 2.26. The SMILES string of the molecule is c1ccc(-c2ccc(-c3cccc(-n4c5ccc6ccccc6c5c5c6cccc7c6c(cc54)-c4ccccc4-7)c3)cc2)cc1. The number of fused-ring (bicyclic) bond motifs is 9. The third-order valence-electron chi connectivity index (χ3n) is 9.72. The van der Waals surface area contributed by atoms with E-state index in [4.69, 9.17) is 0 Å². The van der Waals surface area contributed by atoms with Gasteiger partial charge in [0, 0.05) is 16.5 Å². The van der Waals surface area contributed by atoms with Gasteiger partial charge < -0.3 is 4.57 Å². The summed E-state index contributed by atoms with van der Waals surface area (Å²) in [4.78, 5) is 0. The molecule has 1 heteroatoms. The Balaban J connectivity index is 1.26. The summed E-state index contributed by atoms with van der Waals surface area (Å²) in [6.07, 6.45) is 0. The van der Waals surface area contributed by atoms with E-state index in [0.29, 0.717) is 0 Å². The standard InChI is InChI=1S/C44H27N/c1-2-10-28(11-3-1)29-20-22-30(23-21-29)32-13-8-14-33(26-32)45-40-25-24-31-12-4-5-15-34(31)43(40)44-38-19-9-18-37-35-16-6-7-17-36(35)39(42(37)38)27-41(44)45/h1-27H. The Hall–Kier alpha value is -5.92. The van der Waals surface area contributed by atoms with Gasteiger partial charge in [-0.1, -0.05) is 140 Å². The van der Waals surface area contributed by atoms with Gasteiger partial charge in [-0.05, 0) is 90.3 Å². The average Bonchev–Trinajstić information content (AvgIpc) is 3.63. The number of hydrogen-bond acceptors (Lipinski definition) is 0. The average molecular weight is 570 g/mol. The molecule has 10 rings (SSSR count). The Labute approximate surface area is 261 Å². The van der Waals surface area contributed by atoms with Gasteiger partial charge in [0.25, 0.3) is 0 Å².